The Bertz CT molecular complexity index is 2260. The number of carbonyl (C=O) groups is 1. The molecule has 1 saturated carbocycles. The van der Waals surface area contributed by atoms with Crippen LogP contribution in [0.5, 0.6) is 5.75 Å². The number of ether oxygens (including phenoxy) is 2. The van der Waals surface area contributed by atoms with Gasteiger partial charge in [-0.2, -0.15) is 0 Å². The highest BCUT2D eigenvalue weighted by atomic mass is 19.1. The van der Waals surface area contributed by atoms with Crippen LogP contribution in [0.25, 0.3) is 22.0 Å². The summed E-state index contributed by atoms with van der Waals surface area (Å²) in [6.45, 7) is 7.42. The number of methoxy groups -OCH3 is 1. The summed E-state index contributed by atoms with van der Waals surface area (Å²) in [5.41, 5.74) is 3.07. The molecule has 1 saturated heterocycles. The molecule has 5 aromatic rings. The molecule has 0 radical (unpaired) electrons. The molecule has 0 spiro atoms. The van der Waals surface area contributed by atoms with Gasteiger partial charge in [0.2, 0.25) is 0 Å². The van der Waals surface area contributed by atoms with Gasteiger partial charge in [-0.25, -0.2) is 13.6 Å². The summed E-state index contributed by atoms with van der Waals surface area (Å²) in [7, 11) is 1.50. The second-order valence-corrected chi connectivity index (χ2v) is 14.0. The van der Waals surface area contributed by atoms with Crippen LogP contribution in [-0.2, 0) is 22.5 Å². The van der Waals surface area contributed by atoms with Crippen molar-refractivity contribution in [3.05, 3.63) is 116 Å². The van der Waals surface area contributed by atoms with Crippen LogP contribution in [0, 0.1) is 18.6 Å². The molecule has 1 aliphatic heterocycles. The van der Waals surface area contributed by atoms with Crippen molar-refractivity contribution in [1.82, 2.24) is 9.47 Å². The van der Waals surface area contributed by atoms with Crippen LogP contribution in [0.1, 0.15) is 67.8 Å². The lowest BCUT2D eigenvalue weighted by Crippen LogP contribution is -2.51. The zero-order valence-electron chi connectivity index (χ0n) is 30.3. The summed E-state index contributed by atoms with van der Waals surface area (Å²) in [4.78, 5) is 42.2. The van der Waals surface area contributed by atoms with Gasteiger partial charge >= 0.3 is 11.8 Å². The summed E-state index contributed by atoms with van der Waals surface area (Å²) in [5, 5.41) is 0.252. The maximum absolute atomic E-state index is 16.0. The number of nitrogens with zero attached hydrogens (tertiary/aromatic N) is 3. The Hall–Kier alpha value is -5.23. The Kier molecular flexibility index (Phi) is 10.2. The number of pyridine rings is 1. The maximum Gasteiger partial charge on any atom is 0.519 e. The minimum atomic E-state index is -0.734. The third-order valence-corrected chi connectivity index (χ3v) is 10.4. The molecule has 7 rings (SSSR count). The molecule has 0 amide bonds. The number of hydrogen-bond acceptors (Lipinski definition) is 9. The van der Waals surface area contributed by atoms with Crippen molar-refractivity contribution in [2.24, 2.45) is 0 Å². The maximum atomic E-state index is 16.0. The standard InChI is InChI=1S/C41H43F2N3O7/c1-24-22-45(17-16-44(24)23-36-26(3)52-41(49)53-36)38-34(43)21-32-35(47)20-30(46(29-13-14-29)37(32)39(38)50-4)11-8-18-51-40(48)25(2)28-12-15-31(33(42)19-28)27-9-6-5-7-10-27/h5-7,9-10,12,15,19-21,24-25,29H,8,11,13-14,16-18,22-23H2,1-4H3. The molecule has 2 aromatic heterocycles. The fraction of sp³-hybridized carbons (Fsp3) is 0.390. The number of hydrogen-bond donors (Lipinski definition) is 0. The number of carbonyl (C=O) groups excluding carboxylic acids is 1. The van der Waals surface area contributed by atoms with Crippen molar-refractivity contribution in [2.75, 3.05) is 38.3 Å². The number of fused-ring (bicyclic) bond motifs is 1. The van der Waals surface area contributed by atoms with Crippen LogP contribution in [0.15, 0.2) is 79.1 Å². The predicted molar refractivity (Wildman–Crippen MR) is 197 cm³/mol. The van der Waals surface area contributed by atoms with Crippen LogP contribution in [-0.4, -0.2) is 54.8 Å². The molecule has 10 nitrogen and oxygen atoms in total. The van der Waals surface area contributed by atoms with Gasteiger partial charge in [0.05, 0.1) is 37.1 Å². The molecule has 2 fully saturated rings. The van der Waals surface area contributed by atoms with Gasteiger partial charge in [0, 0.05) is 49.0 Å². The van der Waals surface area contributed by atoms with E-state index >= 15 is 8.78 Å². The normalized spacial score (nSPS) is 16.9. The highest BCUT2D eigenvalue weighted by Crippen LogP contribution is 2.45. The molecule has 1 aliphatic carbocycles. The Balaban J connectivity index is 1.07. The lowest BCUT2D eigenvalue weighted by molar-refractivity contribution is -0.145. The van der Waals surface area contributed by atoms with E-state index in [0.29, 0.717) is 78.6 Å². The van der Waals surface area contributed by atoms with Crippen molar-refractivity contribution in [1.29, 1.82) is 0 Å². The molecule has 53 heavy (non-hydrogen) atoms. The minimum absolute atomic E-state index is 0.0294. The van der Waals surface area contributed by atoms with Gasteiger partial charge in [-0.15, -0.1) is 0 Å². The van der Waals surface area contributed by atoms with Crippen molar-refractivity contribution in [2.45, 2.75) is 71.0 Å². The van der Waals surface area contributed by atoms with Crippen LogP contribution in [0.2, 0.25) is 0 Å². The van der Waals surface area contributed by atoms with Gasteiger partial charge in [-0.3, -0.25) is 14.5 Å². The van der Waals surface area contributed by atoms with E-state index < -0.39 is 29.3 Å². The van der Waals surface area contributed by atoms with Crippen molar-refractivity contribution in [3.8, 4) is 16.9 Å². The molecule has 278 valence electrons. The van der Waals surface area contributed by atoms with E-state index in [9.17, 15) is 14.4 Å². The third kappa shape index (κ3) is 7.37. The molecule has 0 bridgehead atoms. The smallest absolute Gasteiger partial charge is 0.492 e. The van der Waals surface area contributed by atoms with Crippen molar-refractivity contribution >= 4 is 22.6 Å². The second-order valence-electron chi connectivity index (χ2n) is 14.0. The van der Waals surface area contributed by atoms with E-state index in [1.165, 1.54) is 19.2 Å². The summed E-state index contributed by atoms with van der Waals surface area (Å²) in [6, 6.07) is 17.0. The largest absolute Gasteiger partial charge is 0.519 e. The number of aromatic nitrogens is 1. The van der Waals surface area contributed by atoms with E-state index in [1.807, 2.05) is 42.2 Å². The van der Waals surface area contributed by atoms with E-state index in [0.717, 1.165) is 24.1 Å². The quantitative estimate of drug-likeness (QED) is 0.0980. The Labute approximate surface area is 305 Å². The Morgan fingerprint density at radius 2 is 1.77 bits per heavy atom. The number of halogens is 2. The van der Waals surface area contributed by atoms with E-state index in [4.69, 9.17) is 18.3 Å². The number of benzene rings is 3. The molecule has 2 atom stereocenters. The van der Waals surface area contributed by atoms with Crippen LogP contribution < -0.4 is 20.9 Å². The van der Waals surface area contributed by atoms with Crippen molar-refractivity contribution < 1.29 is 31.9 Å². The lowest BCUT2D eigenvalue weighted by atomic mass is 9.97. The zero-order valence-corrected chi connectivity index (χ0v) is 30.3. The summed E-state index contributed by atoms with van der Waals surface area (Å²) < 4.78 is 54.9. The Morgan fingerprint density at radius 1 is 1.00 bits per heavy atom. The van der Waals surface area contributed by atoms with E-state index in [-0.39, 0.29) is 29.5 Å². The van der Waals surface area contributed by atoms with Gasteiger partial charge in [0.25, 0.3) is 0 Å². The number of piperazine rings is 1. The second kappa shape index (κ2) is 15.0. The van der Waals surface area contributed by atoms with Gasteiger partial charge in [0.15, 0.2) is 22.8 Å². The first-order valence-electron chi connectivity index (χ1n) is 18.1. The lowest BCUT2D eigenvalue weighted by Gasteiger charge is -2.41. The zero-order chi connectivity index (χ0) is 37.4. The minimum Gasteiger partial charge on any atom is -0.492 e. The van der Waals surface area contributed by atoms with Crippen LogP contribution in [0.4, 0.5) is 14.5 Å². The molecule has 3 heterocycles. The fourth-order valence-corrected chi connectivity index (χ4v) is 7.38. The molecule has 2 aliphatic rings. The first-order valence-corrected chi connectivity index (χ1v) is 18.1. The number of aryl methyl sites for hydroxylation is 2. The average molecular weight is 728 g/mol. The highest BCUT2D eigenvalue weighted by Gasteiger charge is 2.34. The van der Waals surface area contributed by atoms with Gasteiger partial charge in [-0.05, 0) is 69.7 Å². The average Bonchev–Trinajstić information content (AvgIpc) is 3.93. The number of rotatable bonds is 12. The van der Waals surface area contributed by atoms with Gasteiger partial charge in [0.1, 0.15) is 17.3 Å². The summed E-state index contributed by atoms with van der Waals surface area (Å²) in [5.74, 6) is -1.58. The molecular weight excluding hydrogens is 684 g/mol. The third-order valence-electron chi connectivity index (χ3n) is 10.4. The topological polar surface area (TPSA) is 107 Å². The fourth-order valence-electron chi connectivity index (χ4n) is 7.38. The predicted octanol–water partition coefficient (Wildman–Crippen LogP) is 7.14. The first-order chi connectivity index (χ1) is 25.5. The molecule has 2 unspecified atom stereocenters. The van der Waals surface area contributed by atoms with E-state index in [2.05, 4.69) is 9.47 Å². The number of esters is 1. The van der Waals surface area contributed by atoms with E-state index in [1.54, 1.807) is 32.0 Å². The molecular formula is C41H43F2N3O7. The van der Waals surface area contributed by atoms with Gasteiger partial charge < -0.3 is 27.8 Å². The van der Waals surface area contributed by atoms with Crippen molar-refractivity contribution in [3.63, 3.8) is 0 Å². The highest BCUT2D eigenvalue weighted by molar-refractivity contribution is 5.92. The Morgan fingerprint density at radius 3 is 2.43 bits per heavy atom. The molecule has 0 N–H and O–H groups in total. The van der Waals surface area contributed by atoms with Crippen LogP contribution >= 0.6 is 0 Å². The number of anilines is 1. The monoisotopic (exact) mass is 727 g/mol. The summed E-state index contributed by atoms with van der Waals surface area (Å²) >= 11 is 0. The van der Waals surface area contributed by atoms with Crippen LogP contribution in [0.3, 0.4) is 0 Å². The molecule has 3 aromatic carbocycles. The SMILES string of the molecule is COc1c(N2CCN(Cc3oc(=O)oc3C)C(C)C2)c(F)cc2c(=O)cc(CCCOC(=O)C(C)c3ccc(-c4ccccc4)c(F)c3)n(C3CC3)c12. The summed E-state index contributed by atoms with van der Waals surface area (Å²) in [6.07, 6.45) is 2.71. The van der Waals surface area contributed by atoms with Gasteiger partial charge in [-0.1, -0.05) is 42.5 Å². The first kappa shape index (κ1) is 36.1. The molecule has 12 heteroatoms.